The molecule has 1 aliphatic rings. The highest BCUT2D eigenvalue weighted by atomic mass is 35.5. The van der Waals surface area contributed by atoms with Crippen molar-refractivity contribution in [1.29, 1.82) is 0 Å². The lowest BCUT2D eigenvalue weighted by Crippen LogP contribution is -2.38. The van der Waals surface area contributed by atoms with Crippen LogP contribution in [0.1, 0.15) is 12.5 Å². The average molecular weight is 439 g/mol. The molecule has 7 nitrogen and oxygen atoms in total. The number of halogens is 1. The molecule has 0 radical (unpaired) electrons. The Bertz CT molecular complexity index is 996. The van der Waals surface area contributed by atoms with Gasteiger partial charge in [0.1, 0.15) is 5.75 Å². The van der Waals surface area contributed by atoms with Gasteiger partial charge < -0.3 is 14.8 Å². The first kappa shape index (κ1) is 21.4. The second-order valence-corrected chi connectivity index (χ2v) is 9.03. The normalized spacial score (nSPS) is 14.4. The first-order chi connectivity index (χ1) is 13.8. The molecule has 0 saturated carbocycles. The number of carbonyl (C=O) groups excluding carboxylic acids is 1. The van der Waals surface area contributed by atoms with E-state index in [-0.39, 0.29) is 34.2 Å². The molecule has 3 rings (SSSR count). The van der Waals surface area contributed by atoms with Crippen LogP contribution in [0.15, 0.2) is 47.4 Å². The lowest BCUT2D eigenvalue weighted by atomic mass is 10.2. The summed E-state index contributed by atoms with van der Waals surface area (Å²) in [5.41, 5.74) is 1.68. The first-order valence-corrected chi connectivity index (χ1v) is 11.0. The number of carbonyl (C=O) groups is 1. The number of sulfonamides is 1. The van der Waals surface area contributed by atoms with Gasteiger partial charge >= 0.3 is 0 Å². The molecule has 0 saturated heterocycles. The van der Waals surface area contributed by atoms with Gasteiger partial charge in [-0.2, -0.15) is 0 Å². The maximum Gasteiger partial charge on any atom is 0.264 e. The molecule has 2 aromatic carbocycles. The highest BCUT2D eigenvalue weighted by Crippen LogP contribution is 2.34. The van der Waals surface area contributed by atoms with Crippen LogP contribution in [0.5, 0.6) is 5.75 Å². The van der Waals surface area contributed by atoms with Gasteiger partial charge in [0, 0.05) is 19.7 Å². The van der Waals surface area contributed by atoms with Crippen LogP contribution in [0.4, 0.5) is 5.69 Å². The first-order valence-electron chi connectivity index (χ1n) is 9.14. The number of nitrogens with one attached hydrogen (secondary N) is 1. The van der Waals surface area contributed by atoms with Crippen LogP contribution in [0.25, 0.3) is 0 Å². The lowest BCUT2D eigenvalue weighted by molar-refractivity contribution is -0.124. The zero-order chi connectivity index (χ0) is 21.0. The van der Waals surface area contributed by atoms with Crippen LogP contribution in [-0.2, 0) is 26.0 Å². The van der Waals surface area contributed by atoms with Crippen molar-refractivity contribution in [1.82, 2.24) is 5.32 Å². The maximum atomic E-state index is 13.1. The van der Waals surface area contributed by atoms with Crippen LogP contribution in [0.3, 0.4) is 0 Å². The fourth-order valence-electron chi connectivity index (χ4n) is 3.20. The van der Waals surface area contributed by atoms with E-state index in [0.29, 0.717) is 25.3 Å². The van der Waals surface area contributed by atoms with E-state index in [0.717, 1.165) is 5.56 Å². The summed E-state index contributed by atoms with van der Waals surface area (Å²) in [6.45, 7) is 2.35. The number of nitrogens with zero attached hydrogens (tertiary/aromatic N) is 1. The summed E-state index contributed by atoms with van der Waals surface area (Å²) in [5, 5.41) is 2.84. The number of benzene rings is 2. The van der Waals surface area contributed by atoms with Gasteiger partial charge in [0.25, 0.3) is 15.9 Å². The predicted octanol–water partition coefficient (Wildman–Crippen LogP) is 2.62. The monoisotopic (exact) mass is 438 g/mol. The van der Waals surface area contributed by atoms with Crippen LogP contribution in [0.2, 0.25) is 5.02 Å². The molecule has 2 aromatic rings. The van der Waals surface area contributed by atoms with Gasteiger partial charge in [0.05, 0.1) is 22.2 Å². The Morgan fingerprint density at radius 2 is 2.03 bits per heavy atom. The summed E-state index contributed by atoms with van der Waals surface area (Å²) in [6, 6.07) is 11.5. The summed E-state index contributed by atoms with van der Waals surface area (Å²) >= 11 is 6.22. The van der Waals surface area contributed by atoms with Gasteiger partial charge in [-0.05, 0) is 43.2 Å². The van der Waals surface area contributed by atoms with Crippen molar-refractivity contribution < 1.29 is 22.7 Å². The Hall–Kier alpha value is -2.29. The molecule has 0 aromatic heterocycles. The quantitative estimate of drug-likeness (QED) is 0.684. The number of anilines is 1. The molecule has 0 spiro atoms. The van der Waals surface area contributed by atoms with Crippen molar-refractivity contribution in [3.05, 3.63) is 53.1 Å². The van der Waals surface area contributed by atoms with E-state index >= 15 is 0 Å². The summed E-state index contributed by atoms with van der Waals surface area (Å²) in [5.74, 6) is -0.0852. The molecule has 1 aliphatic heterocycles. The van der Waals surface area contributed by atoms with Crippen molar-refractivity contribution >= 4 is 33.2 Å². The molecule has 156 valence electrons. The zero-order valence-corrected chi connectivity index (χ0v) is 17.8. The number of rotatable bonds is 8. The third kappa shape index (κ3) is 4.83. The van der Waals surface area contributed by atoms with Gasteiger partial charge in [-0.3, -0.25) is 9.10 Å². The molecule has 1 N–H and O–H groups in total. The van der Waals surface area contributed by atoms with Gasteiger partial charge in [0.15, 0.2) is 6.61 Å². The van der Waals surface area contributed by atoms with Crippen molar-refractivity contribution in [2.45, 2.75) is 24.3 Å². The molecule has 0 bridgehead atoms. The second kappa shape index (κ2) is 9.02. The Morgan fingerprint density at radius 3 is 2.76 bits per heavy atom. The highest BCUT2D eigenvalue weighted by Gasteiger charge is 2.31. The van der Waals surface area contributed by atoms with E-state index in [1.807, 2.05) is 25.1 Å². The van der Waals surface area contributed by atoms with E-state index in [1.54, 1.807) is 13.2 Å². The Morgan fingerprint density at radius 1 is 1.28 bits per heavy atom. The molecule has 0 fully saturated rings. The average Bonchev–Trinajstić information content (AvgIpc) is 3.12. The highest BCUT2D eigenvalue weighted by molar-refractivity contribution is 7.92. The number of hydrogen-bond acceptors (Lipinski definition) is 5. The molecular weight excluding hydrogens is 416 g/mol. The van der Waals surface area contributed by atoms with Gasteiger partial charge in [0.2, 0.25) is 0 Å². The van der Waals surface area contributed by atoms with E-state index in [2.05, 4.69) is 5.32 Å². The molecule has 1 atom stereocenters. The number of para-hydroxylation sites is 1. The minimum absolute atomic E-state index is 0.0738. The summed E-state index contributed by atoms with van der Waals surface area (Å²) < 4.78 is 37.9. The van der Waals surface area contributed by atoms with E-state index in [4.69, 9.17) is 21.1 Å². The van der Waals surface area contributed by atoms with E-state index < -0.39 is 10.0 Å². The van der Waals surface area contributed by atoms with Crippen molar-refractivity contribution in [3.8, 4) is 5.75 Å². The number of fused-ring (bicyclic) bond motifs is 1. The Labute approximate surface area is 175 Å². The fourth-order valence-corrected chi connectivity index (χ4v) is 5.03. The molecule has 9 heteroatoms. The van der Waals surface area contributed by atoms with E-state index in [1.165, 1.54) is 22.5 Å². The molecule has 29 heavy (non-hydrogen) atoms. The predicted molar refractivity (Wildman–Crippen MR) is 111 cm³/mol. The van der Waals surface area contributed by atoms with Gasteiger partial charge in [-0.1, -0.05) is 29.8 Å². The zero-order valence-electron chi connectivity index (χ0n) is 16.2. The SMILES string of the molecule is COC[C@H](C)NC(=O)COc1ccc(S(=O)(=O)N2CCc3ccccc32)cc1Cl. The standard InChI is InChI=1S/C20H23ClN2O5S/c1-14(12-27-2)22-20(24)13-28-19-8-7-16(11-17(19)21)29(25,26)23-10-9-15-5-3-4-6-18(15)23/h3-8,11,14H,9-10,12-13H2,1-2H3,(H,22,24)/t14-/m0/s1. The summed E-state index contributed by atoms with van der Waals surface area (Å²) in [7, 11) is -2.19. The van der Waals surface area contributed by atoms with Gasteiger partial charge in [-0.15, -0.1) is 0 Å². The molecule has 0 aliphatic carbocycles. The lowest BCUT2D eigenvalue weighted by Gasteiger charge is -2.20. The number of hydrogen-bond donors (Lipinski definition) is 1. The Balaban J connectivity index is 1.70. The minimum Gasteiger partial charge on any atom is -0.482 e. The second-order valence-electron chi connectivity index (χ2n) is 6.76. The third-order valence-electron chi connectivity index (χ3n) is 4.52. The van der Waals surface area contributed by atoms with Crippen LogP contribution >= 0.6 is 11.6 Å². The molecular formula is C20H23ClN2O5S. The fraction of sp³-hybridized carbons (Fsp3) is 0.350. The number of amides is 1. The largest absolute Gasteiger partial charge is 0.482 e. The van der Waals surface area contributed by atoms with Crippen molar-refractivity contribution in [3.63, 3.8) is 0 Å². The van der Waals surface area contributed by atoms with Crippen molar-refractivity contribution in [2.75, 3.05) is 31.2 Å². The maximum absolute atomic E-state index is 13.1. The number of ether oxygens (including phenoxy) is 2. The molecule has 1 amide bonds. The number of methoxy groups -OCH3 is 1. The molecule has 0 unspecified atom stereocenters. The van der Waals surface area contributed by atoms with Gasteiger partial charge in [-0.25, -0.2) is 8.42 Å². The Kier molecular flexibility index (Phi) is 6.66. The topological polar surface area (TPSA) is 84.9 Å². The minimum atomic E-state index is -3.74. The molecule has 1 heterocycles. The third-order valence-corrected chi connectivity index (χ3v) is 6.62. The van der Waals surface area contributed by atoms with Crippen molar-refractivity contribution in [2.24, 2.45) is 0 Å². The van der Waals surface area contributed by atoms with Crippen LogP contribution < -0.4 is 14.4 Å². The summed E-state index contributed by atoms with van der Waals surface area (Å²) in [4.78, 5) is 12.0. The smallest absolute Gasteiger partial charge is 0.264 e. The van der Waals surface area contributed by atoms with E-state index in [9.17, 15) is 13.2 Å². The van der Waals surface area contributed by atoms with Crippen LogP contribution in [0, 0.1) is 0 Å². The van der Waals surface area contributed by atoms with Crippen LogP contribution in [-0.4, -0.2) is 47.2 Å². The summed E-state index contributed by atoms with van der Waals surface area (Å²) in [6.07, 6.45) is 0.668.